The van der Waals surface area contributed by atoms with E-state index in [1.807, 2.05) is 0 Å². The van der Waals surface area contributed by atoms with Crippen molar-refractivity contribution >= 4 is 11.2 Å². The van der Waals surface area contributed by atoms with Crippen LogP contribution in [-0.4, -0.2) is 21.6 Å². The van der Waals surface area contributed by atoms with Gasteiger partial charge in [0.1, 0.15) is 5.52 Å². The molecule has 0 aliphatic rings. The third-order valence-electron chi connectivity index (χ3n) is 2.00. The van der Waals surface area contributed by atoms with Crippen LogP contribution in [0.1, 0.15) is 0 Å². The minimum Gasteiger partial charge on any atom is -0.480 e. The summed E-state index contributed by atoms with van der Waals surface area (Å²) in [5, 5.41) is 0. The molecule has 2 heterocycles. The van der Waals surface area contributed by atoms with Crippen LogP contribution >= 0.6 is 0 Å². The third kappa shape index (κ3) is 1.22. The van der Waals surface area contributed by atoms with Gasteiger partial charge in [0.05, 0.1) is 13.3 Å². The number of aromatic nitrogens is 3. The van der Waals surface area contributed by atoms with Crippen LogP contribution < -0.4 is 10.3 Å². The Morgan fingerprint density at radius 3 is 2.93 bits per heavy atom. The lowest BCUT2D eigenvalue weighted by Crippen LogP contribution is -2.16. The summed E-state index contributed by atoms with van der Waals surface area (Å²) in [5.41, 5.74) is 1.09. The van der Waals surface area contributed by atoms with Crippen molar-refractivity contribution in [3.8, 4) is 5.88 Å². The van der Waals surface area contributed by atoms with Gasteiger partial charge in [-0.1, -0.05) is 0 Å². The second-order valence-electron chi connectivity index (χ2n) is 2.85. The number of pyridine rings is 1. The molecule has 5 heteroatoms. The van der Waals surface area contributed by atoms with Crippen LogP contribution in [0.15, 0.2) is 23.1 Å². The highest BCUT2D eigenvalue weighted by Gasteiger charge is 2.03. The zero-order valence-corrected chi connectivity index (χ0v) is 7.89. The van der Waals surface area contributed by atoms with Gasteiger partial charge in [-0.3, -0.25) is 9.36 Å². The van der Waals surface area contributed by atoms with Crippen molar-refractivity contribution in [3.05, 3.63) is 28.7 Å². The van der Waals surface area contributed by atoms with Gasteiger partial charge >= 0.3 is 0 Å². The minimum absolute atomic E-state index is 0.111. The van der Waals surface area contributed by atoms with Crippen LogP contribution in [0.5, 0.6) is 5.88 Å². The molecule has 0 saturated heterocycles. The normalized spacial score (nSPS) is 10.4. The number of fused-ring (bicyclic) bond motifs is 1. The van der Waals surface area contributed by atoms with Crippen LogP contribution in [0.25, 0.3) is 11.2 Å². The molecule has 0 spiro atoms. The lowest BCUT2D eigenvalue weighted by Gasteiger charge is -2.03. The predicted molar refractivity (Wildman–Crippen MR) is 51.3 cm³/mol. The highest BCUT2D eigenvalue weighted by atomic mass is 16.5. The lowest BCUT2D eigenvalue weighted by molar-refractivity contribution is 0.397. The van der Waals surface area contributed by atoms with Gasteiger partial charge in [-0.25, -0.2) is 4.98 Å². The van der Waals surface area contributed by atoms with E-state index in [0.717, 1.165) is 0 Å². The second kappa shape index (κ2) is 3.10. The molecular weight excluding hydrogens is 182 g/mol. The van der Waals surface area contributed by atoms with Gasteiger partial charge in [-0.05, 0) is 6.07 Å². The van der Waals surface area contributed by atoms with Gasteiger partial charge in [0.25, 0.3) is 5.56 Å². The first-order chi connectivity index (χ1) is 6.72. The van der Waals surface area contributed by atoms with Crippen molar-refractivity contribution in [3.63, 3.8) is 0 Å². The van der Waals surface area contributed by atoms with Crippen molar-refractivity contribution in [2.45, 2.75) is 0 Å². The van der Waals surface area contributed by atoms with E-state index in [0.29, 0.717) is 17.0 Å². The molecule has 5 nitrogen and oxygen atoms in total. The molecule has 0 amide bonds. The fourth-order valence-corrected chi connectivity index (χ4v) is 1.20. The minimum atomic E-state index is -0.111. The van der Waals surface area contributed by atoms with E-state index in [1.54, 1.807) is 13.1 Å². The van der Waals surface area contributed by atoms with Crippen LogP contribution in [0, 0.1) is 0 Å². The van der Waals surface area contributed by atoms with E-state index < -0.39 is 0 Å². The Hall–Kier alpha value is -1.91. The number of aryl methyl sites for hydroxylation is 1. The molecule has 0 aliphatic heterocycles. The number of hydrogen-bond donors (Lipinski definition) is 0. The Bertz CT molecular complexity index is 533. The average Bonchev–Trinajstić information content (AvgIpc) is 2.23. The van der Waals surface area contributed by atoms with Crippen LogP contribution in [-0.2, 0) is 7.05 Å². The second-order valence-corrected chi connectivity index (χ2v) is 2.85. The molecule has 0 radical (unpaired) electrons. The first-order valence-corrected chi connectivity index (χ1v) is 4.09. The van der Waals surface area contributed by atoms with Gasteiger partial charge in [0, 0.05) is 13.1 Å². The fourth-order valence-electron chi connectivity index (χ4n) is 1.20. The lowest BCUT2D eigenvalue weighted by atomic mass is 10.4. The monoisotopic (exact) mass is 191 g/mol. The number of rotatable bonds is 1. The predicted octanol–water partition coefficient (Wildman–Crippen LogP) is 0.337. The molecule has 0 bridgehead atoms. The van der Waals surface area contributed by atoms with Crippen molar-refractivity contribution in [2.75, 3.05) is 7.11 Å². The molecular formula is C9H9N3O2. The molecule has 0 fully saturated rings. The Morgan fingerprint density at radius 2 is 2.21 bits per heavy atom. The summed E-state index contributed by atoms with van der Waals surface area (Å²) in [7, 11) is 3.16. The summed E-state index contributed by atoms with van der Waals surface area (Å²) in [6.45, 7) is 0. The number of hydrogen-bond acceptors (Lipinski definition) is 4. The number of nitrogens with zero attached hydrogens (tertiary/aromatic N) is 3. The van der Waals surface area contributed by atoms with Crippen LogP contribution in [0.2, 0.25) is 0 Å². The quantitative estimate of drug-likeness (QED) is 0.652. The third-order valence-corrected chi connectivity index (χ3v) is 2.00. The molecule has 14 heavy (non-hydrogen) atoms. The Balaban J connectivity index is 2.84. The first-order valence-electron chi connectivity index (χ1n) is 4.09. The maximum absolute atomic E-state index is 11.3. The Morgan fingerprint density at radius 1 is 1.43 bits per heavy atom. The van der Waals surface area contributed by atoms with Gasteiger partial charge < -0.3 is 4.74 Å². The maximum atomic E-state index is 11.3. The van der Waals surface area contributed by atoms with Crippen LogP contribution in [0.4, 0.5) is 0 Å². The summed E-state index contributed by atoms with van der Waals surface area (Å²) < 4.78 is 6.36. The van der Waals surface area contributed by atoms with Gasteiger partial charge in [0.15, 0.2) is 5.65 Å². The smallest absolute Gasteiger partial charge is 0.252 e. The molecule has 2 aromatic heterocycles. The standard InChI is InChI=1S/C9H9N3O2/c1-12-8(13)4-3-6-9(12)11-7(14-2)5-10-6/h3-5H,1-2H3. The summed E-state index contributed by atoms with van der Waals surface area (Å²) in [5.74, 6) is 0.402. The zero-order chi connectivity index (χ0) is 10.1. The largest absolute Gasteiger partial charge is 0.480 e. The van der Waals surface area contributed by atoms with Crippen LogP contribution in [0.3, 0.4) is 0 Å². The molecule has 0 aromatic carbocycles. The van der Waals surface area contributed by atoms with E-state index in [2.05, 4.69) is 9.97 Å². The highest BCUT2D eigenvalue weighted by Crippen LogP contribution is 2.10. The molecule has 0 saturated carbocycles. The van der Waals surface area contributed by atoms with Crippen molar-refractivity contribution in [1.82, 2.24) is 14.5 Å². The molecule has 72 valence electrons. The van der Waals surface area contributed by atoms with E-state index in [1.165, 1.54) is 23.9 Å². The first kappa shape index (κ1) is 8.68. The van der Waals surface area contributed by atoms with E-state index in [4.69, 9.17) is 4.74 Å². The summed E-state index contributed by atoms with van der Waals surface area (Å²) >= 11 is 0. The summed E-state index contributed by atoms with van der Waals surface area (Å²) in [6.07, 6.45) is 1.52. The molecule has 2 rings (SSSR count). The van der Waals surface area contributed by atoms with Gasteiger partial charge in [-0.2, -0.15) is 4.98 Å². The van der Waals surface area contributed by atoms with E-state index in [9.17, 15) is 4.79 Å². The van der Waals surface area contributed by atoms with Crippen molar-refractivity contribution in [1.29, 1.82) is 0 Å². The number of ether oxygens (including phenoxy) is 1. The van der Waals surface area contributed by atoms with Crippen molar-refractivity contribution < 1.29 is 4.74 Å². The SMILES string of the molecule is COc1cnc2ccc(=O)n(C)c2n1. The number of methoxy groups -OCH3 is 1. The summed E-state index contributed by atoms with van der Waals surface area (Å²) in [4.78, 5) is 19.5. The van der Waals surface area contributed by atoms with Gasteiger partial charge in [0.2, 0.25) is 5.88 Å². The highest BCUT2D eigenvalue weighted by molar-refractivity contribution is 5.69. The van der Waals surface area contributed by atoms with E-state index in [-0.39, 0.29) is 5.56 Å². The van der Waals surface area contributed by atoms with E-state index >= 15 is 0 Å². The topological polar surface area (TPSA) is 57.0 Å². The molecule has 0 aliphatic carbocycles. The molecule has 0 atom stereocenters. The maximum Gasteiger partial charge on any atom is 0.252 e. The molecule has 2 aromatic rings. The summed E-state index contributed by atoms with van der Waals surface area (Å²) in [6, 6.07) is 3.10. The molecule has 0 N–H and O–H groups in total. The van der Waals surface area contributed by atoms with Gasteiger partial charge in [-0.15, -0.1) is 0 Å². The van der Waals surface area contributed by atoms with Crippen molar-refractivity contribution in [2.24, 2.45) is 7.05 Å². The molecule has 0 unspecified atom stereocenters. The zero-order valence-electron chi connectivity index (χ0n) is 7.89. The Kier molecular flexibility index (Phi) is 1.92. The Labute approximate surface area is 80.0 Å². The average molecular weight is 191 g/mol. The fraction of sp³-hybridized carbons (Fsp3) is 0.222.